The zero-order chi connectivity index (χ0) is 19.0. The number of rotatable bonds is 4. The zero-order valence-corrected chi connectivity index (χ0v) is 16.4. The lowest BCUT2D eigenvalue weighted by molar-refractivity contribution is -0.147. The maximum absolute atomic E-state index is 12.5. The second-order valence-corrected chi connectivity index (χ2v) is 8.25. The number of aromatic nitrogens is 2. The van der Waals surface area contributed by atoms with Crippen LogP contribution in [0.5, 0.6) is 0 Å². The molecule has 3 heterocycles. The molecule has 0 bridgehead atoms. The van der Waals surface area contributed by atoms with Crippen LogP contribution in [0.1, 0.15) is 67.2 Å². The first-order valence-corrected chi connectivity index (χ1v) is 10.3. The molecule has 2 amide bonds. The Morgan fingerprint density at radius 1 is 1.30 bits per heavy atom. The highest BCUT2D eigenvalue weighted by molar-refractivity contribution is 5.94. The predicted octanol–water partition coefficient (Wildman–Crippen LogP) is 1.79. The van der Waals surface area contributed by atoms with Gasteiger partial charge in [0.2, 0.25) is 5.91 Å². The van der Waals surface area contributed by atoms with E-state index in [4.69, 9.17) is 4.74 Å². The Labute approximate surface area is 160 Å². The van der Waals surface area contributed by atoms with Gasteiger partial charge in [0.25, 0.3) is 5.91 Å². The molecule has 4 rings (SSSR count). The minimum absolute atomic E-state index is 0.117. The summed E-state index contributed by atoms with van der Waals surface area (Å²) in [7, 11) is 1.91. The van der Waals surface area contributed by atoms with E-state index in [0.717, 1.165) is 62.9 Å². The molecule has 0 aromatic carbocycles. The molecule has 148 valence electrons. The van der Waals surface area contributed by atoms with Crippen LogP contribution in [0.2, 0.25) is 0 Å². The lowest BCUT2D eigenvalue weighted by Gasteiger charge is -2.45. The summed E-state index contributed by atoms with van der Waals surface area (Å²) >= 11 is 0. The predicted molar refractivity (Wildman–Crippen MR) is 100 cm³/mol. The van der Waals surface area contributed by atoms with Gasteiger partial charge in [-0.1, -0.05) is 13.3 Å². The quantitative estimate of drug-likeness (QED) is 0.872. The number of hydrogen-bond donors (Lipinski definition) is 1. The molecule has 0 unspecified atom stereocenters. The molecule has 2 aliphatic heterocycles. The van der Waals surface area contributed by atoms with Crippen molar-refractivity contribution >= 4 is 11.8 Å². The monoisotopic (exact) mass is 374 g/mol. The van der Waals surface area contributed by atoms with Crippen LogP contribution in [-0.2, 0) is 29.6 Å². The Hall–Kier alpha value is -1.89. The number of carbonyl (C=O) groups excluding carboxylic acids is 2. The molecule has 0 radical (unpaired) electrons. The van der Waals surface area contributed by atoms with Crippen molar-refractivity contribution in [1.82, 2.24) is 20.0 Å². The first-order valence-electron chi connectivity index (χ1n) is 10.3. The number of aryl methyl sites for hydroxylation is 1. The lowest BCUT2D eigenvalue weighted by Crippen LogP contribution is -2.52. The van der Waals surface area contributed by atoms with Crippen molar-refractivity contribution < 1.29 is 14.3 Å². The summed E-state index contributed by atoms with van der Waals surface area (Å²) in [6, 6.07) is 0. The molecule has 1 aliphatic carbocycles. The maximum Gasteiger partial charge on any atom is 0.272 e. The number of likely N-dealkylation sites (tertiary alicyclic amines) is 1. The van der Waals surface area contributed by atoms with Crippen molar-refractivity contribution in [2.24, 2.45) is 13.0 Å². The Kier molecular flexibility index (Phi) is 4.97. The number of amides is 2. The smallest absolute Gasteiger partial charge is 0.272 e. The number of hydrogen-bond acceptors (Lipinski definition) is 4. The van der Waals surface area contributed by atoms with Gasteiger partial charge in [-0.15, -0.1) is 0 Å². The molecule has 2 fully saturated rings. The topological polar surface area (TPSA) is 76.5 Å². The van der Waals surface area contributed by atoms with Gasteiger partial charge in [0.1, 0.15) is 0 Å². The summed E-state index contributed by atoms with van der Waals surface area (Å²) in [5.41, 5.74) is 2.29. The first kappa shape index (κ1) is 18.5. The number of fused-ring (bicyclic) bond motifs is 1. The standard InChI is InChI=1S/C20H30N4O3/c1-3-9-21-18(25)17-15-13-27-20(12-16(15)23(2)22-17)7-10-24(11-8-20)19(26)14-5-4-6-14/h14H,3-13H2,1-2H3,(H,21,25). The fraction of sp³-hybridized carbons (Fsp3) is 0.750. The Morgan fingerprint density at radius 3 is 2.67 bits per heavy atom. The van der Waals surface area contributed by atoms with Crippen molar-refractivity contribution in [1.29, 1.82) is 0 Å². The molecule has 7 nitrogen and oxygen atoms in total. The van der Waals surface area contributed by atoms with Crippen LogP contribution in [0.25, 0.3) is 0 Å². The summed E-state index contributed by atoms with van der Waals surface area (Å²) < 4.78 is 8.14. The van der Waals surface area contributed by atoms with E-state index >= 15 is 0 Å². The second kappa shape index (κ2) is 7.26. The Balaban J connectivity index is 1.43. The first-order chi connectivity index (χ1) is 13.0. The van der Waals surface area contributed by atoms with Gasteiger partial charge in [-0.3, -0.25) is 14.3 Å². The van der Waals surface area contributed by atoms with Crippen molar-refractivity contribution in [2.75, 3.05) is 19.6 Å². The van der Waals surface area contributed by atoms with Crippen LogP contribution in [0.4, 0.5) is 0 Å². The normalized spacial score (nSPS) is 21.6. The van der Waals surface area contributed by atoms with E-state index in [-0.39, 0.29) is 17.4 Å². The second-order valence-electron chi connectivity index (χ2n) is 8.25. The highest BCUT2D eigenvalue weighted by Crippen LogP contribution is 2.38. The summed E-state index contributed by atoms with van der Waals surface area (Å²) in [4.78, 5) is 26.9. The highest BCUT2D eigenvalue weighted by atomic mass is 16.5. The Morgan fingerprint density at radius 2 is 2.04 bits per heavy atom. The summed E-state index contributed by atoms with van der Waals surface area (Å²) in [6.07, 6.45) is 6.67. The van der Waals surface area contributed by atoms with Crippen molar-refractivity contribution in [3.8, 4) is 0 Å². The van der Waals surface area contributed by atoms with Crippen molar-refractivity contribution in [2.45, 2.75) is 64.1 Å². The molecule has 1 saturated heterocycles. The van der Waals surface area contributed by atoms with Crippen LogP contribution in [0.15, 0.2) is 0 Å². The van der Waals surface area contributed by atoms with Gasteiger partial charge in [0, 0.05) is 50.3 Å². The van der Waals surface area contributed by atoms with Crippen LogP contribution in [0, 0.1) is 5.92 Å². The molecule has 1 spiro atoms. The molecule has 1 aromatic rings. The van der Waals surface area contributed by atoms with Crippen LogP contribution in [0.3, 0.4) is 0 Å². The molecule has 27 heavy (non-hydrogen) atoms. The van der Waals surface area contributed by atoms with Gasteiger partial charge in [-0.05, 0) is 32.1 Å². The van der Waals surface area contributed by atoms with Gasteiger partial charge in [-0.2, -0.15) is 5.10 Å². The Bertz CT molecular complexity index is 730. The summed E-state index contributed by atoms with van der Waals surface area (Å²) in [5.74, 6) is 0.483. The minimum atomic E-state index is -0.228. The fourth-order valence-corrected chi connectivity index (χ4v) is 4.43. The third-order valence-electron chi connectivity index (χ3n) is 6.48. The number of ether oxygens (including phenoxy) is 1. The SMILES string of the molecule is CCCNC(=O)c1nn(C)c2c1COC1(CCN(C(=O)C3CCC3)CC1)C2. The van der Waals surface area contributed by atoms with E-state index in [1.165, 1.54) is 6.42 Å². The summed E-state index contributed by atoms with van der Waals surface area (Å²) in [6.45, 7) is 4.65. The van der Waals surface area contributed by atoms with Crippen LogP contribution < -0.4 is 5.32 Å². The third kappa shape index (κ3) is 3.37. The van der Waals surface area contributed by atoms with E-state index in [0.29, 0.717) is 24.8 Å². The van der Waals surface area contributed by atoms with Crippen molar-refractivity contribution in [3.63, 3.8) is 0 Å². The number of carbonyl (C=O) groups is 2. The van der Waals surface area contributed by atoms with Gasteiger partial charge in [-0.25, -0.2) is 0 Å². The molecular weight excluding hydrogens is 344 g/mol. The van der Waals surface area contributed by atoms with Gasteiger partial charge in [0.05, 0.1) is 12.2 Å². The molecule has 1 N–H and O–H groups in total. The number of piperidine rings is 1. The molecule has 1 aromatic heterocycles. The van der Waals surface area contributed by atoms with Gasteiger partial charge >= 0.3 is 0 Å². The molecule has 3 aliphatic rings. The van der Waals surface area contributed by atoms with E-state index in [9.17, 15) is 9.59 Å². The number of nitrogens with one attached hydrogen (secondary N) is 1. The van der Waals surface area contributed by atoms with Crippen LogP contribution in [-0.4, -0.2) is 51.7 Å². The average Bonchev–Trinajstić information content (AvgIpc) is 2.95. The van der Waals surface area contributed by atoms with Crippen LogP contribution >= 0.6 is 0 Å². The van der Waals surface area contributed by atoms with Gasteiger partial charge < -0.3 is 15.0 Å². The average molecular weight is 374 g/mol. The van der Waals surface area contributed by atoms with Crippen molar-refractivity contribution in [3.05, 3.63) is 17.0 Å². The minimum Gasteiger partial charge on any atom is -0.370 e. The maximum atomic E-state index is 12.5. The lowest BCUT2D eigenvalue weighted by atomic mass is 9.81. The molecule has 1 saturated carbocycles. The highest BCUT2D eigenvalue weighted by Gasteiger charge is 2.43. The van der Waals surface area contributed by atoms with Gasteiger partial charge in [0.15, 0.2) is 5.69 Å². The zero-order valence-electron chi connectivity index (χ0n) is 16.4. The molecule has 0 atom stereocenters. The third-order valence-corrected chi connectivity index (χ3v) is 6.48. The summed E-state index contributed by atoms with van der Waals surface area (Å²) in [5, 5.41) is 7.38. The fourth-order valence-electron chi connectivity index (χ4n) is 4.43. The molecule has 7 heteroatoms. The largest absolute Gasteiger partial charge is 0.370 e. The number of nitrogens with zero attached hydrogens (tertiary/aromatic N) is 3. The van der Waals surface area contributed by atoms with E-state index < -0.39 is 0 Å². The van der Waals surface area contributed by atoms with E-state index in [1.807, 2.05) is 23.6 Å². The molecular formula is C20H30N4O3. The van der Waals surface area contributed by atoms with E-state index in [2.05, 4.69) is 10.4 Å². The van der Waals surface area contributed by atoms with E-state index in [1.54, 1.807) is 0 Å².